The van der Waals surface area contributed by atoms with E-state index in [1.54, 1.807) is 18.2 Å². The van der Waals surface area contributed by atoms with Crippen LogP contribution in [-0.2, 0) is 0 Å². The normalized spacial score (nSPS) is 10.3. The van der Waals surface area contributed by atoms with Gasteiger partial charge < -0.3 is 5.11 Å². The molecule has 0 aliphatic carbocycles. The molecule has 0 spiro atoms. The Labute approximate surface area is 87.7 Å². The van der Waals surface area contributed by atoms with Gasteiger partial charge in [-0.2, -0.15) is 0 Å². The van der Waals surface area contributed by atoms with E-state index >= 15 is 0 Å². The van der Waals surface area contributed by atoms with Crippen molar-refractivity contribution in [2.24, 2.45) is 0 Å². The van der Waals surface area contributed by atoms with Crippen molar-refractivity contribution >= 4 is 5.69 Å². The van der Waals surface area contributed by atoms with Crippen LogP contribution in [0.4, 0.5) is 5.69 Å². The fraction of sp³-hybridized carbons (Fsp3) is 0.273. The van der Waals surface area contributed by atoms with Gasteiger partial charge in [-0.15, -0.1) is 0 Å². The molecule has 0 fully saturated rings. The molecule has 78 valence electrons. The Balaban J connectivity index is 3.14. The summed E-state index contributed by atoms with van der Waals surface area (Å²) in [5.41, 5.74) is -0.886. The van der Waals surface area contributed by atoms with Gasteiger partial charge in [0, 0.05) is 6.07 Å². The maximum absolute atomic E-state index is 10.6. The summed E-state index contributed by atoms with van der Waals surface area (Å²) in [4.78, 5) is 10.1. The van der Waals surface area contributed by atoms with Crippen LogP contribution in [0, 0.1) is 22.0 Å². The van der Waals surface area contributed by atoms with Crippen LogP contribution < -0.4 is 0 Å². The molecule has 1 N–H and O–H groups in total. The summed E-state index contributed by atoms with van der Waals surface area (Å²) in [6.07, 6.45) is 0. The van der Waals surface area contributed by atoms with E-state index in [-0.39, 0.29) is 5.69 Å². The standard InChI is InChI=1S/C11H11NO3/c1-11(2,13)8-7-9-5-3-4-6-10(9)12(14)15/h3-6,13H,1-2H3. The number of aliphatic hydroxyl groups is 1. The van der Waals surface area contributed by atoms with E-state index in [4.69, 9.17) is 0 Å². The molecule has 0 heterocycles. The number of hydrogen-bond acceptors (Lipinski definition) is 3. The van der Waals surface area contributed by atoms with Crippen molar-refractivity contribution in [2.45, 2.75) is 19.4 Å². The zero-order chi connectivity index (χ0) is 11.5. The predicted octanol–water partition coefficient (Wildman–Crippen LogP) is 1.72. The minimum absolute atomic E-state index is 0.0470. The van der Waals surface area contributed by atoms with Gasteiger partial charge in [0.25, 0.3) is 5.69 Å². The van der Waals surface area contributed by atoms with Crippen LogP contribution in [0.5, 0.6) is 0 Å². The lowest BCUT2D eigenvalue weighted by molar-refractivity contribution is -0.385. The van der Waals surface area contributed by atoms with Crippen molar-refractivity contribution in [3.8, 4) is 11.8 Å². The highest BCUT2D eigenvalue weighted by Crippen LogP contribution is 2.16. The van der Waals surface area contributed by atoms with Gasteiger partial charge >= 0.3 is 0 Å². The molecule has 0 radical (unpaired) electrons. The van der Waals surface area contributed by atoms with Gasteiger partial charge in [-0.05, 0) is 19.9 Å². The van der Waals surface area contributed by atoms with Gasteiger partial charge in [-0.3, -0.25) is 10.1 Å². The zero-order valence-electron chi connectivity index (χ0n) is 8.52. The minimum Gasteiger partial charge on any atom is -0.378 e. The maximum atomic E-state index is 10.6. The fourth-order valence-corrected chi connectivity index (χ4v) is 0.959. The Morgan fingerprint density at radius 2 is 2.00 bits per heavy atom. The minimum atomic E-state index is -1.15. The molecule has 0 bridgehead atoms. The second kappa shape index (κ2) is 4.11. The first-order valence-electron chi connectivity index (χ1n) is 4.39. The Kier molecular flexibility index (Phi) is 3.08. The highest BCUT2D eigenvalue weighted by atomic mass is 16.6. The van der Waals surface area contributed by atoms with Crippen LogP contribution in [0.15, 0.2) is 24.3 Å². The summed E-state index contributed by atoms with van der Waals surface area (Å²) >= 11 is 0. The van der Waals surface area contributed by atoms with Crippen LogP contribution in [0.2, 0.25) is 0 Å². The summed E-state index contributed by atoms with van der Waals surface area (Å²) < 4.78 is 0. The third kappa shape index (κ3) is 3.41. The van der Waals surface area contributed by atoms with Gasteiger partial charge in [0.1, 0.15) is 11.2 Å². The topological polar surface area (TPSA) is 63.4 Å². The third-order valence-corrected chi connectivity index (χ3v) is 1.60. The lowest BCUT2D eigenvalue weighted by Gasteiger charge is -2.05. The average Bonchev–Trinajstić information content (AvgIpc) is 2.14. The molecular formula is C11H11NO3. The second-order valence-electron chi connectivity index (χ2n) is 3.58. The first-order valence-corrected chi connectivity index (χ1v) is 4.39. The average molecular weight is 205 g/mol. The van der Waals surface area contributed by atoms with Gasteiger partial charge in [0.05, 0.1) is 4.92 Å². The van der Waals surface area contributed by atoms with Gasteiger partial charge in [-0.1, -0.05) is 24.0 Å². The van der Waals surface area contributed by atoms with E-state index in [1.165, 1.54) is 19.9 Å². The van der Waals surface area contributed by atoms with Crippen molar-refractivity contribution < 1.29 is 10.0 Å². The number of nitro benzene ring substituents is 1. The number of nitrogens with zero attached hydrogens (tertiary/aromatic N) is 1. The maximum Gasteiger partial charge on any atom is 0.284 e. The quantitative estimate of drug-likeness (QED) is 0.431. The number of benzene rings is 1. The summed E-state index contributed by atoms with van der Waals surface area (Å²) in [6, 6.07) is 6.18. The number of hydrogen-bond donors (Lipinski definition) is 1. The molecule has 0 aliphatic heterocycles. The molecule has 1 aromatic rings. The van der Waals surface area contributed by atoms with Crippen molar-refractivity contribution in [2.75, 3.05) is 0 Å². The van der Waals surface area contributed by atoms with E-state index in [2.05, 4.69) is 11.8 Å². The van der Waals surface area contributed by atoms with Crippen molar-refractivity contribution in [1.82, 2.24) is 0 Å². The predicted molar refractivity (Wildman–Crippen MR) is 56.3 cm³/mol. The summed E-state index contributed by atoms with van der Waals surface area (Å²) in [7, 11) is 0. The third-order valence-electron chi connectivity index (χ3n) is 1.60. The molecule has 15 heavy (non-hydrogen) atoms. The highest BCUT2D eigenvalue weighted by molar-refractivity contribution is 5.51. The van der Waals surface area contributed by atoms with Crippen molar-refractivity contribution in [3.63, 3.8) is 0 Å². The smallest absolute Gasteiger partial charge is 0.284 e. The monoisotopic (exact) mass is 205 g/mol. The van der Waals surface area contributed by atoms with E-state index in [1.807, 2.05) is 0 Å². The Hall–Kier alpha value is -1.86. The number of nitro groups is 1. The summed E-state index contributed by atoms with van der Waals surface area (Å²) in [6.45, 7) is 3.05. The molecule has 1 aromatic carbocycles. The molecule has 0 saturated carbocycles. The van der Waals surface area contributed by atoms with Gasteiger partial charge in [0.15, 0.2) is 0 Å². The van der Waals surface area contributed by atoms with Gasteiger partial charge in [0.2, 0.25) is 0 Å². The number of para-hydroxylation sites is 1. The summed E-state index contributed by atoms with van der Waals surface area (Å²) in [5, 5.41) is 20.0. The van der Waals surface area contributed by atoms with Crippen LogP contribution >= 0.6 is 0 Å². The lowest BCUT2D eigenvalue weighted by atomic mass is 10.1. The fourth-order valence-electron chi connectivity index (χ4n) is 0.959. The van der Waals surface area contributed by atoms with Gasteiger partial charge in [-0.25, -0.2) is 0 Å². The SMILES string of the molecule is CC(C)(O)C#Cc1ccccc1[N+](=O)[O-]. The van der Waals surface area contributed by atoms with Crippen molar-refractivity contribution in [3.05, 3.63) is 39.9 Å². The first kappa shape index (κ1) is 11.2. The van der Waals surface area contributed by atoms with E-state index in [0.717, 1.165) is 0 Å². The Morgan fingerprint density at radius 3 is 2.53 bits per heavy atom. The number of rotatable bonds is 1. The molecule has 4 heteroatoms. The van der Waals surface area contributed by atoms with Crippen molar-refractivity contribution in [1.29, 1.82) is 0 Å². The zero-order valence-corrected chi connectivity index (χ0v) is 8.52. The molecule has 1 rings (SSSR count). The second-order valence-corrected chi connectivity index (χ2v) is 3.58. The largest absolute Gasteiger partial charge is 0.378 e. The molecular weight excluding hydrogens is 194 g/mol. The molecule has 0 saturated heterocycles. The molecule has 0 atom stereocenters. The Bertz CT molecular complexity index is 435. The first-order chi connectivity index (χ1) is 6.90. The van der Waals surface area contributed by atoms with Crippen LogP contribution in [-0.4, -0.2) is 15.6 Å². The van der Waals surface area contributed by atoms with Crippen LogP contribution in [0.3, 0.4) is 0 Å². The van der Waals surface area contributed by atoms with Crippen LogP contribution in [0.25, 0.3) is 0 Å². The molecule has 0 aliphatic rings. The summed E-state index contributed by atoms with van der Waals surface area (Å²) in [5.74, 6) is 5.13. The van der Waals surface area contributed by atoms with Crippen LogP contribution in [0.1, 0.15) is 19.4 Å². The Morgan fingerprint density at radius 1 is 1.40 bits per heavy atom. The molecule has 0 amide bonds. The van der Waals surface area contributed by atoms with E-state index in [0.29, 0.717) is 5.56 Å². The molecule has 0 aromatic heterocycles. The molecule has 0 unspecified atom stereocenters. The van der Waals surface area contributed by atoms with E-state index < -0.39 is 10.5 Å². The molecule has 4 nitrogen and oxygen atoms in total. The van der Waals surface area contributed by atoms with E-state index in [9.17, 15) is 15.2 Å². The lowest BCUT2D eigenvalue weighted by Crippen LogP contribution is -2.14. The highest BCUT2D eigenvalue weighted by Gasteiger charge is 2.11.